The standard InChI is InChI=1S/C22H33N3O/c1-2-3-4-5-6-7-8-9-10-11-12-13-14-19-22(26)25-21-18-16-15-17-20(21)23-24-25/h3-4,15-18H,2,5-14,19H2,1H3/b4-3+. The van der Waals surface area contributed by atoms with E-state index in [9.17, 15) is 4.79 Å². The SMILES string of the molecule is CC/C=C/CCCCCCCCCCCC(=O)n1nnc2ccccc21. The number of aromatic nitrogens is 3. The molecule has 0 unspecified atom stereocenters. The number of unbranched alkanes of at least 4 members (excludes halogenated alkanes) is 9. The highest BCUT2D eigenvalue weighted by Gasteiger charge is 2.10. The van der Waals surface area contributed by atoms with Crippen molar-refractivity contribution in [1.29, 1.82) is 0 Å². The average Bonchev–Trinajstić information content (AvgIpc) is 3.09. The highest BCUT2D eigenvalue weighted by atomic mass is 16.2. The Morgan fingerprint density at radius 3 is 2.31 bits per heavy atom. The van der Waals surface area contributed by atoms with Crippen LogP contribution in [0.1, 0.15) is 88.8 Å². The van der Waals surface area contributed by atoms with Crippen LogP contribution >= 0.6 is 0 Å². The first-order valence-corrected chi connectivity index (χ1v) is 10.3. The second-order valence-electron chi connectivity index (χ2n) is 6.98. The molecule has 0 aliphatic rings. The van der Waals surface area contributed by atoms with E-state index in [4.69, 9.17) is 0 Å². The fourth-order valence-electron chi connectivity index (χ4n) is 3.22. The number of rotatable bonds is 13. The predicted molar refractivity (Wildman–Crippen MR) is 108 cm³/mol. The lowest BCUT2D eigenvalue weighted by atomic mass is 10.1. The Morgan fingerprint density at radius 1 is 0.923 bits per heavy atom. The molecule has 0 saturated heterocycles. The Hall–Kier alpha value is -1.97. The lowest BCUT2D eigenvalue weighted by molar-refractivity contribution is 0.0886. The summed E-state index contributed by atoms with van der Waals surface area (Å²) in [4.78, 5) is 12.3. The molecule has 4 nitrogen and oxygen atoms in total. The molecule has 0 amide bonds. The van der Waals surface area contributed by atoms with Gasteiger partial charge in [0.1, 0.15) is 5.52 Å². The monoisotopic (exact) mass is 355 g/mol. The van der Waals surface area contributed by atoms with E-state index in [1.54, 1.807) is 0 Å². The number of benzene rings is 1. The minimum Gasteiger partial charge on any atom is -0.273 e. The summed E-state index contributed by atoms with van der Waals surface area (Å²) in [7, 11) is 0. The quantitative estimate of drug-likeness (QED) is 0.311. The summed E-state index contributed by atoms with van der Waals surface area (Å²) >= 11 is 0. The molecule has 0 fully saturated rings. The van der Waals surface area contributed by atoms with Gasteiger partial charge in [0.25, 0.3) is 0 Å². The van der Waals surface area contributed by atoms with Crippen molar-refractivity contribution in [2.75, 3.05) is 0 Å². The van der Waals surface area contributed by atoms with Crippen LogP contribution in [0.15, 0.2) is 36.4 Å². The molecule has 1 heterocycles. The molecule has 1 aromatic heterocycles. The van der Waals surface area contributed by atoms with Crippen LogP contribution < -0.4 is 0 Å². The van der Waals surface area contributed by atoms with Gasteiger partial charge in [-0.25, -0.2) is 0 Å². The van der Waals surface area contributed by atoms with E-state index >= 15 is 0 Å². The van der Waals surface area contributed by atoms with E-state index in [1.165, 1.54) is 56.0 Å². The maximum Gasteiger partial charge on any atom is 0.248 e. The van der Waals surface area contributed by atoms with Gasteiger partial charge < -0.3 is 0 Å². The fraction of sp³-hybridized carbons (Fsp3) is 0.591. The molecule has 0 spiro atoms. The molecule has 26 heavy (non-hydrogen) atoms. The molecule has 0 atom stereocenters. The second kappa shape index (κ2) is 12.4. The number of fused-ring (bicyclic) bond motifs is 1. The van der Waals surface area contributed by atoms with E-state index in [-0.39, 0.29) is 5.91 Å². The van der Waals surface area contributed by atoms with E-state index < -0.39 is 0 Å². The van der Waals surface area contributed by atoms with Gasteiger partial charge in [-0.3, -0.25) is 4.79 Å². The highest BCUT2D eigenvalue weighted by Crippen LogP contribution is 2.14. The summed E-state index contributed by atoms with van der Waals surface area (Å²) < 4.78 is 1.45. The van der Waals surface area contributed by atoms with Crippen molar-refractivity contribution < 1.29 is 4.79 Å². The van der Waals surface area contributed by atoms with E-state index in [0.717, 1.165) is 30.3 Å². The van der Waals surface area contributed by atoms with Gasteiger partial charge >= 0.3 is 0 Å². The zero-order chi connectivity index (χ0) is 18.5. The number of allylic oxidation sites excluding steroid dienone is 2. The van der Waals surface area contributed by atoms with Crippen molar-refractivity contribution in [2.45, 2.75) is 84.0 Å². The van der Waals surface area contributed by atoms with Crippen molar-refractivity contribution in [3.63, 3.8) is 0 Å². The van der Waals surface area contributed by atoms with Crippen LogP contribution in [0, 0.1) is 0 Å². The maximum atomic E-state index is 12.3. The molecule has 0 saturated carbocycles. The summed E-state index contributed by atoms with van der Waals surface area (Å²) in [6.07, 6.45) is 18.8. The Kier molecular flexibility index (Phi) is 9.70. The first-order valence-electron chi connectivity index (χ1n) is 10.3. The van der Waals surface area contributed by atoms with Crippen LogP contribution in [0.3, 0.4) is 0 Å². The van der Waals surface area contributed by atoms with Gasteiger partial charge in [-0.15, -0.1) is 5.10 Å². The lowest BCUT2D eigenvalue weighted by Crippen LogP contribution is -2.12. The molecule has 142 valence electrons. The number of hydrogen-bond acceptors (Lipinski definition) is 3. The second-order valence-corrected chi connectivity index (χ2v) is 6.98. The first-order chi connectivity index (χ1) is 12.8. The molecule has 0 aliphatic heterocycles. The van der Waals surface area contributed by atoms with Gasteiger partial charge in [0.2, 0.25) is 5.91 Å². The van der Waals surface area contributed by atoms with Gasteiger partial charge in [-0.05, 0) is 37.8 Å². The third-order valence-corrected chi connectivity index (χ3v) is 4.75. The van der Waals surface area contributed by atoms with Crippen LogP contribution in [0.5, 0.6) is 0 Å². The lowest BCUT2D eigenvalue weighted by Gasteiger charge is -2.03. The zero-order valence-corrected chi connectivity index (χ0v) is 16.2. The third-order valence-electron chi connectivity index (χ3n) is 4.75. The van der Waals surface area contributed by atoms with Crippen LogP contribution in [0.2, 0.25) is 0 Å². The number of nitrogens with zero attached hydrogens (tertiary/aromatic N) is 3. The minimum absolute atomic E-state index is 0.0517. The number of hydrogen-bond donors (Lipinski definition) is 0. The van der Waals surface area contributed by atoms with Crippen LogP contribution in [-0.2, 0) is 0 Å². The van der Waals surface area contributed by atoms with Crippen LogP contribution in [0.25, 0.3) is 11.0 Å². The Bertz CT molecular complexity index is 675. The van der Waals surface area contributed by atoms with Crippen molar-refractivity contribution in [2.24, 2.45) is 0 Å². The third kappa shape index (κ3) is 7.11. The van der Waals surface area contributed by atoms with Gasteiger partial charge in [0, 0.05) is 6.42 Å². The molecule has 1 aromatic carbocycles. The van der Waals surface area contributed by atoms with Crippen LogP contribution in [-0.4, -0.2) is 20.9 Å². The van der Waals surface area contributed by atoms with E-state index in [0.29, 0.717) is 6.42 Å². The summed E-state index contributed by atoms with van der Waals surface area (Å²) in [5, 5.41) is 8.03. The molecule has 0 radical (unpaired) electrons. The molecule has 0 aliphatic carbocycles. The summed E-state index contributed by atoms with van der Waals surface area (Å²) in [6.45, 7) is 2.18. The van der Waals surface area contributed by atoms with E-state index in [1.807, 2.05) is 24.3 Å². The van der Waals surface area contributed by atoms with E-state index in [2.05, 4.69) is 29.4 Å². The Labute approximate surface area is 157 Å². The smallest absolute Gasteiger partial charge is 0.248 e. The molecule has 2 rings (SSSR count). The molecular weight excluding hydrogens is 322 g/mol. The largest absolute Gasteiger partial charge is 0.273 e. The maximum absolute atomic E-state index is 12.3. The van der Waals surface area contributed by atoms with Crippen molar-refractivity contribution >= 4 is 16.9 Å². The average molecular weight is 356 g/mol. The van der Waals surface area contributed by atoms with Crippen molar-refractivity contribution in [1.82, 2.24) is 15.0 Å². The van der Waals surface area contributed by atoms with Crippen molar-refractivity contribution in [3.05, 3.63) is 36.4 Å². The number of carbonyl (C=O) groups is 1. The normalized spacial score (nSPS) is 11.6. The van der Waals surface area contributed by atoms with Crippen LogP contribution in [0.4, 0.5) is 0 Å². The van der Waals surface area contributed by atoms with Gasteiger partial charge in [-0.2, -0.15) is 4.68 Å². The molecule has 4 heteroatoms. The molecule has 0 N–H and O–H groups in total. The minimum atomic E-state index is 0.0517. The number of para-hydroxylation sites is 1. The van der Waals surface area contributed by atoms with Crippen molar-refractivity contribution in [3.8, 4) is 0 Å². The fourth-order valence-corrected chi connectivity index (χ4v) is 3.22. The predicted octanol–water partition coefficient (Wildman–Crippen LogP) is 6.33. The highest BCUT2D eigenvalue weighted by molar-refractivity contribution is 5.88. The molecular formula is C22H33N3O. The first kappa shape index (κ1) is 20.3. The summed E-state index contributed by atoms with van der Waals surface area (Å²) in [5.74, 6) is 0.0517. The summed E-state index contributed by atoms with van der Waals surface area (Å²) in [6, 6.07) is 7.61. The number of carbonyl (C=O) groups excluding carboxylic acids is 1. The van der Waals surface area contributed by atoms with Gasteiger partial charge in [-0.1, -0.05) is 81.4 Å². The summed E-state index contributed by atoms with van der Waals surface area (Å²) in [5.41, 5.74) is 1.59. The Balaban J connectivity index is 1.47. The topological polar surface area (TPSA) is 47.8 Å². The van der Waals surface area contributed by atoms with Gasteiger partial charge in [0.05, 0.1) is 5.52 Å². The molecule has 2 aromatic rings. The molecule has 0 bridgehead atoms. The van der Waals surface area contributed by atoms with Gasteiger partial charge in [0.15, 0.2) is 0 Å². The Morgan fingerprint density at radius 2 is 1.58 bits per heavy atom. The zero-order valence-electron chi connectivity index (χ0n) is 16.2.